The molecule has 1 unspecified atom stereocenters. The van der Waals surface area contributed by atoms with E-state index in [4.69, 9.17) is 11.6 Å². The van der Waals surface area contributed by atoms with Crippen LogP contribution in [0.1, 0.15) is 32.6 Å². The fourth-order valence-electron chi connectivity index (χ4n) is 1.68. The molecule has 0 fully saturated rings. The van der Waals surface area contributed by atoms with Gasteiger partial charge in [0.05, 0.1) is 0 Å². The van der Waals surface area contributed by atoms with E-state index in [0.717, 1.165) is 17.7 Å². The van der Waals surface area contributed by atoms with Gasteiger partial charge in [-0.25, -0.2) is 0 Å². The molecule has 1 rings (SSSR count). The van der Waals surface area contributed by atoms with E-state index in [0.29, 0.717) is 0 Å². The number of alkyl halides is 1. The highest BCUT2D eigenvalue weighted by atomic mass is 35.5. The Balaban J connectivity index is 2.17. The average molecular weight is 173 g/mol. The first-order chi connectivity index (χ1) is 5.36. The number of halogens is 1. The molecule has 0 radical (unpaired) electrons. The van der Waals surface area contributed by atoms with Gasteiger partial charge in [-0.2, -0.15) is 0 Å². The van der Waals surface area contributed by atoms with E-state index in [-0.39, 0.29) is 0 Å². The SMILES string of the molecule is CCC(CCl)CC1CC=CC1. The van der Waals surface area contributed by atoms with Crippen molar-refractivity contribution in [3.63, 3.8) is 0 Å². The predicted molar refractivity (Wildman–Crippen MR) is 51.0 cm³/mol. The van der Waals surface area contributed by atoms with Gasteiger partial charge in [0.1, 0.15) is 0 Å². The molecule has 1 aliphatic carbocycles. The normalized spacial score (nSPS) is 20.9. The molecule has 0 aromatic carbocycles. The van der Waals surface area contributed by atoms with Crippen molar-refractivity contribution < 1.29 is 0 Å². The standard InChI is InChI=1S/C10H17Cl/c1-2-9(8-11)7-10-5-3-4-6-10/h3-4,9-10H,2,5-8H2,1H3. The van der Waals surface area contributed by atoms with Crippen LogP contribution in [0.5, 0.6) is 0 Å². The highest BCUT2D eigenvalue weighted by Crippen LogP contribution is 2.26. The van der Waals surface area contributed by atoms with E-state index in [2.05, 4.69) is 19.1 Å². The number of allylic oxidation sites excluding steroid dienone is 2. The van der Waals surface area contributed by atoms with Crippen LogP contribution in [0.4, 0.5) is 0 Å². The van der Waals surface area contributed by atoms with Crippen LogP contribution in [0.2, 0.25) is 0 Å². The molecule has 1 heteroatoms. The molecule has 0 amide bonds. The third-order valence-corrected chi connectivity index (χ3v) is 3.00. The lowest BCUT2D eigenvalue weighted by molar-refractivity contribution is 0.402. The molecule has 0 bridgehead atoms. The van der Waals surface area contributed by atoms with Crippen LogP contribution in [0, 0.1) is 11.8 Å². The summed E-state index contributed by atoms with van der Waals surface area (Å²) in [5.41, 5.74) is 0. The summed E-state index contributed by atoms with van der Waals surface area (Å²) in [6.07, 6.45) is 9.73. The second-order valence-electron chi connectivity index (χ2n) is 3.47. The summed E-state index contributed by atoms with van der Waals surface area (Å²) in [5, 5.41) is 0. The molecule has 0 aliphatic heterocycles. The van der Waals surface area contributed by atoms with Gasteiger partial charge in [0.15, 0.2) is 0 Å². The minimum Gasteiger partial charge on any atom is -0.126 e. The lowest BCUT2D eigenvalue weighted by Gasteiger charge is -2.15. The van der Waals surface area contributed by atoms with Crippen molar-refractivity contribution in [2.45, 2.75) is 32.6 Å². The minimum atomic E-state index is 0.751. The number of rotatable bonds is 4. The van der Waals surface area contributed by atoms with E-state index in [1.165, 1.54) is 25.7 Å². The molecular formula is C10H17Cl. The third-order valence-electron chi connectivity index (χ3n) is 2.57. The molecule has 0 heterocycles. The molecule has 11 heavy (non-hydrogen) atoms. The topological polar surface area (TPSA) is 0 Å². The van der Waals surface area contributed by atoms with Crippen molar-refractivity contribution in [2.24, 2.45) is 11.8 Å². The van der Waals surface area contributed by atoms with Gasteiger partial charge in [0.25, 0.3) is 0 Å². The Labute approximate surface area is 74.6 Å². The monoisotopic (exact) mass is 172 g/mol. The summed E-state index contributed by atoms with van der Waals surface area (Å²) in [4.78, 5) is 0. The molecular weight excluding hydrogens is 156 g/mol. The van der Waals surface area contributed by atoms with E-state index < -0.39 is 0 Å². The van der Waals surface area contributed by atoms with Gasteiger partial charge in [-0.15, -0.1) is 11.6 Å². The molecule has 0 saturated heterocycles. The maximum atomic E-state index is 5.83. The van der Waals surface area contributed by atoms with Crippen LogP contribution in [-0.4, -0.2) is 5.88 Å². The molecule has 0 saturated carbocycles. The zero-order valence-electron chi connectivity index (χ0n) is 7.22. The van der Waals surface area contributed by atoms with Gasteiger partial charge in [-0.05, 0) is 31.1 Å². The molecule has 1 atom stereocenters. The zero-order valence-corrected chi connectivity index (χ0v) is 7.98. The predicted octanol–water partition coefficient (Wildman–Crippen LogP) is 3.61. The Kier molecular flexibility index (Phi) is 3.99. The fourth-order valence-corrected chi connectivity index (χ4v) is 2.02. The summed E-state index contributed by atoms with van der Waals surface area (Å²) >= 11 is 5.83. The Morgan fingerprint density at radius 2 is 2.09 bits per heavy atom. The average Bonchev–Trinajstić information content (AvgIpc) is 2.52. The highest BCUT2D eigenvalue weighted by molar-refractivity contribution is 6.18. The van der Waals surface area contributed by atoms with Crippen LogP contribution in [0.25, 0.3) is 0 Å². The van der Waals surface area contributed by atoms with Gasteiger partial charge in [0.2, 0.25) is 0 Å². The fraction of sp³-hybridized carbons (Fsp3) is 0.800. The maximum absolute atomic E-state index is 5.83. The number of hydrogen-bond donors (Lipinski definition) is 0. The molecule has 64 valence electrons. The molecule has 0 aromatic heterocycles. The Bertz CT molecular complexity index is 117. The smallest absolute Gasteiger partial charge is 0.0251 e. The van der Waals surface area contributed by atoms with E-state index in [1.54, 1.807) is 0 Å². The van der Waals surface area contributed by atoms with Crippen LogP contribution < -0.4 is 0 Å². The lowest BCUT2D eigenvalue weighted by Crippen LogP contribution is -2.06. The first kappa shape index (κ1) is 9.12. The van der Waals surface area contributed by atoms with Crippen molar-refractivity contribution in [2.75, 3.05) is 5.88 Å². The summed E-state index contributed by atoms with van der Waals surface area (Å²) in [6.45, 7) is 2.23. The highest BCUT2D eigenvalue weighted by Gasteiger charge is 2.14. The van der Waals surface area contributed by atoms with E-state index in [9.17, 15) is 0 Å². The maximum Gasteiger partial charge on any atom is 0.0251 e. The molecule has 1 aliphatic rings. The van der Waals surface area contributed by atoms with Crippen molar-refractivity contribution in [1.82, 2.24) is 0 Å². The summed E-state index contributed by atoms with van der Waals surface area (Å²) < 4.78 is 0. The lowest BCUT2D eigenvalue weighted by atomic mass is 9.92. The number of hydrogen-bond acceptors (Lipinski definition) is 0. The van der Waals surface area contributed by atoms with Crippen molar-refractivity contribution in [3.05, 3.63) is 12.2 Å². The van der Waals surface area contributed by atoms with Crippen LogP contribution in [0.15, 0.2) is 12.2 Å². The quantitative estimate of drug-likeness (QED) is 0.449. The Hall–Kier alpha value is 0.0300. The van der Waals surface area contributed by atoms with Gasteiger partial charge >= 0.3 is 0 Å². The Morgan fingerprint density at radius 1 is 1.45 bits per heavy atom. The second-order valence-corrected chi connectivity index (χ2v) is 3.78. The third kappa shape index (κ3) is 2.86. The van der Waals surface area contributed by atoms with Crippen LogP contribution in [-0.2, 0) is 0 Å². The zero-order chi connectivity index (χ0) is 8.10. The minimum absolute atomic E-state index is 0.751. The molecule has 0 nitrogen and oxygen atoms in total. The summed E-state index contributed by atoms with van der Waals surface area (Å²) in [6, 6.07) is 0. The van der Waals surface area contributed by atoms with Crippen molar-refractivity contribution in [1.29, 1.82) is 0 Å². The van der Waals surface area contributed by atoms with Crippen LogP contribution >= 0.6 is 11.6 Å². The first-order valence-electron chi connectivity index (χ1n) is 4.57. The van der Waals surface area contributed by atoms with Gasteiger partial charge in [-0.3, -0.25) is 0 Å². The summed E-state index contributed by atoms with van der Waals surface area (Å²) in [5.74, 6) is 2.49. The Morgan fingerprint density at radius 3 is 2.55 bits per heavy atom. The molecule has 0 aromatic rings. The van der Waals surface area contributed by atoms with Gasteiger partial charge < -0.3 is 0 Å². The van der Waals surface area contributed by atoms with E-state index in [1.807, 2.05) is 0 Å². The van der Waals surface area contributed by atoms with Crippen molar-refractivity contribution in [3.8, 4) is 0 Å². The summed E-state index contributed by atoms with van der Waals surface area (Å²) in [7, 11) is 0. The largest absolute Gasteiger partial charge is 0.126 e. The molecule has 0 N–H and O–H groups in total. The second kappa shape index (κ2) is 4.82. The van der Waals surface area contributed by atoms with Crippen LogP contribution in [0.3, 0.4) is 0 Å². The van der Waals surface area contributed by atoms with Gasteiger partial charge in [0, 0.05) is 5.88 Å². The molecule has 0 spiro atoms. The van der Waals surface area contributed by atoms with E-state index >= 15 is 0 Å². The van der Waals surface area contributed by atoms with Gasteiger partial charge in [-0.1, -0.05) is 25.5 Å². The van der Waals surface area contributed by atoms with Crippen molar-refractivity contribution >= 4 is 11.6 Å². The first-order valence-corrected chi connectivity index (χ1v) is 5.11.